The van der Waals surface area contributed by atoms with Crippen molar-refractivity contribution in [1.29, 1.82) is 0 Å². The standard InChI is InChI=1S/C11H13ClO4/c1-15-6-8(14)7-16-11-4-2-3-10(12)9(11)5-13/h2-5,8,14H,6-7H2,1H3. The average Bonchev–Trinajstić information content (AvgIpc) is 2.27. The third-order valence-corrected chi connectivity index (χ3v) is 2.25. The van der Waals surface area contributed by atoms with Crippen molar-refractivity contribution in [3.05, 3.63) is 28.8 Å². The van der Waals surface area contributed by atoms with Crippen molar-refractivity contribution in [2.45, 2.75) is 6.10 Å². The highest BCUT2D eigenvalue weighted by molar-refractivity contribution is 6.33. The molecule has 5 heteroatoms. The smallest absolute Gasteiger partial charge is 0.155 e. The van der Waals surface area contributed by atoms with Gasteiger partial charge in [-0.2, -0.15) is 0 Å². The molecular weight excluding hydrogens is 232 g/mol. The summed E-state index contributed by atoms with van der Waals surface area (Å²) in [6.45, 7) is 0.228. The van der Waals surface area contributed by atoms with Crippen molar-refractivity contribution in [2.24, 2.45) is 0 Å². The summed E-state index contributed by atoms with van der Waals surface area (Å²) >= 11 is 5.81. The van der Waals surface area contributed by atoms with E-state index in [4.69, 9.17) is 21.1 Å². The van der Waals surface area contributed by atoms with Crippen LogP contribution in [0.5, 0.6) is 5.75 Å². The zero-order chi connectivity index (χ0) is 12.0. The van der Waals surface area contributed by atoms with Gasteiger partial charge in [0.05, 0.1) is 17.2 Å². The topological polar surface area (TPSA) is 55.8 Å². The van der Waals surface area contributed by atoms with E-state index in [1.54, 1.807) is 18.2 Å². The Morgan fingerprint density at radius 2 is 2.25 bits per heavy atom. The molecule has 88 valence electrons. The summed E-state index contributed by atoms with van der Waals surface area (Å²) < 4.78 is 10.0. The summed E-state index contributed by atoms with van der Waals surface area (Å²) in [7, 11) is 1.49. The average molecular weight is 245 g/mol. The van der Waals surface area contributed by atoms with Crippen LogP contribution in [0, 0.1) is 0 Å². The van der Waals surface area contributed by atoms with Gasteiger partial charge in [0.15, 0.2) is 6.29 Å². The van der Waals surface area contributed by atoms with Crippen LogP contribution in [0.25, 0.3) is 0 Å². The second kappa shape index (κ2) is 6.48. The van der Waals surface area contributed by atoms with Crippen LogP contribution < -0.4 is 4.74 Å². The molecular formula is C11H13ClO4. The third-order valence-electron chi connectivity index (χ3n) is 1.92. The Morgan fingerprint density at radius 1 is 1.50 bits per heavy atom. The van der Waals surface area contributed by atoms with E-state index in [9.17, 15) is 9.90 Å². The van der Waals surface area contributed by atoms with Crippen LogP contribution in [0.2, 0.25) is 5.02 Å². The number of hydrogen-bond acceptors (Lipinski definition) is 4. The monoisotopic (exact) mass is 244 g/mol. The highest BCUT2D eigenvalue weighted by atomic mass is 35.5. The molecule has 0 aromatic heterocycles. The van der Waals surface area contributed by atoms with Crippen molar-refractivity contribution in [3.8, 4) is 5.75 Å². The molecule has 0 heterocycles. The van der Waals surface area contributed by atoms with Gasteiger partial charge in [-0.3, -0.25) is 4.79 Å². The zero-order valence-corrected chi connectivity index (χ0v) is 9.61. The summed E-state index contributed by atoms with van der Waals surface area (Å²) in [5.74, 6) is 0.359. The lowest BCUT2D eigenvalue weighted by Gasteiger charge is -2.13. The molecule has 1 atom stereocenters. The Balaban J connectivity index is 2.66. The van der Waals surface area contributed by atoms with Crippen molar-refractivity contribution in [2.75, 3.05) is 20.3 Å². The fraction of sp³-hybridized carbons (Fsp3) is 0.364. The molecule has 4 nitrogen and oxygen atoms in total. The van der Waals surface area contributed by atoms with Gasteiger partial charge >= 0.3 is 0 Å². The number of rotatable bonds is 6. The summed E-state index contributed by atoms with van der Waals surface area (Å²) in [6.07, 6.45) is -0.108. The molecule has 1 N–H and O–H groups in total. The minimum absolute atomic E-state index is 0.0506. The van der Waals surface area contributed by atoms with Gasteiger partial charge in [-0.15, -0.1) is 0 Å². The molecule has 16 heavy (non-hydrogen) atoms. The van der Waals surface area contributed by atoms with E-state index in [1.165, 1.54) is 7.11 Å². The summed E-state index contributed by atoms with van der Waals surface area (Å²) in [5.41, 5.74) is 0.286. The number of halogens is 1. The number of carbonyl (C=O) groups excluding carboxylic acids is 1. The number of benzene rings is 1. The quantitative estimate of drug-likeness (QED) is 0.772. The SMILES string of the molecule is COCC(O)COc1cccc(Cl)c1C=O. The number of aldehydes is 1. The molecule has 1 aromatic carbocycles. The van der Waals surface area contributed by atoms with Crippen LogP contribution in [0.1, 0.15) is 10.4 Å². The zero-order valence-electron chi connectivity index (χ0n) is 8.85. The predicted molar refractivity (Wildman–Crippen MR) is 60.2 cm³/mol. The molecule has 1 unspecified atom stereocenters. The molecule has 0 aliphatic rings. The van der Waals surface area contributed by atoms with Gasteiger partial charge in [0, 0.05) is 7.11 Å². The molecule has 0 radical (unpaired) electrons. The van der Waals surface area contributed by atoms with Crippen molar-refractivity contribution < 1.29 is 19.4 Å². The Kier molecular flexibility index (Phi) is 5.25. The number of aliphatic hydroxyl groups is 1. The van der Waals surface area contributed by atoms with Gasteiger partial charge in [0.2, 0.25) is 0 Å². The lowest BCUT2D eigenvalue weighted by Crippen LogP contribution is -2.22. The first-order valence-corrected chi connectivity index (χ1v) is 5.10. The highest BCUT2D eigenvalue weighted by Gasteiger charge is 2.09. The number of aliphatic hydroxyl groups excluding tert-OH is 1. The van der Waals surface area contributed by atoms with Gasteiger partial charge in [-0.25, -0.2) is 0 Å². The third kappa shape index (κ3) is 3.48. The Bertz CT molecular complexity index is 354. The van der Waals surface area contributed by atoms with E-state index in [0.717, 1.165) is 0 Å². The molecule has 0 fully saturated rings. The molecule has 1 aromatic rings. The second-order valence-electron chi connectivity index (χ2n) is 3.19. The minimum Gasteiger partial charge on any atom is -0.490 e. The summed E-state index contributed by atoms with van der Waals surface area (Å²) in [5, 5.41) is 9.70. The number of methoxy groups -OCH3 is 1. The molecule has 0 aliphatic heterocycles. The molecule has 1 rings (SSSR count). The lowest BCUT2D eigenvalue weighted by atomic mass is 10.2. The fourth-order valence-electron chi connectivity index (χ4n) is 1.18. The first-order chi connectivity index (χ1) is 7.69. The summed E-state index contributed by atoms with van der Waals surface area (Å²) in [6, 6.07) is 4.90. The molecule has 0 aliphatic carbocycles. The second-order valence-corrected chi connectivity index (χ2v) is 3.60. The lowest BCUT2D eigenvalue weighted by molar-refractivity contribution is 0.0324. The van der Waals surface area contributed by atoms with Gasteiger partial charge < -0.3 is 14.6 Å². The van der Waals surface area contributed by atoms with Crippen molar-refractivity contribution in [1.82, 2.24) is 0 Å². The van der Waals surface area contributed by atoms with Crippen LogP contribution >= 0.6 is 11.6 Å². The number of hydrogen-bond donors (Lipinski definition) is 1. The van der Waals surface area contributed by atoms with Crippen LogP contribution in [0.4, 0.5) is 0 Å². The van der Waals surface area contributed by atoms with Crippen LogP contribution in [0.3, 0.4) is 0 Å². The van der Waals surface area contributed by atoms with E-state index < -0.39 is 6.10 Å². The maximum absolute atomic E-state index is 10.8. The van der Waals surface area contributed by atoms with Crippen LogP contribution in [-0.2, 0) is 4.74 Å². The highest BCUT2D eigenvalue weighted by Crippen LogP contribution is 2.24. The molecule has 0 amide bonds. The Morgan fingerprint density at radius 3 is 2.88 bits per heavy atom. The van der Waals surface area contributed by atoms with Crippen LogP contribution in [-0.4, -0.2) is 37.8 Å². The van der Waals surface area contributed by atoms with Gasteiger partial charge in [-0.1, -0.05) is 17.7 Å². The largest absolute Gasteiger partial charge is 0.490 e. The van der Waals surface area contributed by atoms with Gasteiger partial charge in [0.25, 0.3) is 0 Å². The molecule has 0 spiro atoms. The molecule has 0 saturated carbocycles. The Hall–Kier alpha value is -1.10. The van der Waals surface area contributed by atoms with Crippen LogP contribution in [0.15, 0.2) is 18.2 Å². The van der Waals surface area contributed by atoms with Gasteiger partial charge in [0.1, 0.15) is 18.5 Å². The van der Waals surface area contributed by atoms with Gasteiger partial charge in [-0.05, 0) is 12.1 Å². The van der Waals surface area contributed by atoms with E-state index in [0.29, 0.717) is 17.1 Å². The summed E-state index contributed by atoms with van der Waals surface area (Å²) in [4.78, 5) is 10.8. The Labute approximate surface area is 98.7 Å². The fourth-order valence-corrected chi connectivity index (χ4v) is 1.39. The predicted octanol–water partition coefficient (Wildman–Crippen LogP) is 1.54. The first kappa shape index (κ1) is 13.0. The normalized spacial score (nSPS) is 12.2. The molecule has 0 bridgehead atoms. The van der Waals surface area contributed by atoms with E-state index >= 15 is 0 Å². The number of ether oxygens (including phenoxy) is 2. The maximum atomic E-state index is 10.8. The van der Waals surface area contributed by atoms with E-state index in [-0.39, 0.29) is 18.8 Å². The van der Waals surface area contributed by atoms with E-state index in [2.05, 4.69) is 0 Å². The minimum atomic E-state index is -0.733. The maximum Gasteiger partial charge on any atom is 0.155 e. The molecule has 0 saturated heterocycles. The van der Waals surface area contributed by atoms with Crippen molar-refractivity contribution >= 4 is 17.9 Å². The van der Waals surface area contributed by atoms with Crippen molar-refractivity contribution in [3.63, 3.8) is 0 Å². The first-order valence-electron chi connectivity index (χ1n) is 4.72. The number of carbonyl (C=O) groups is 1. The van der Waals surface area contributed by atoms with E-state index in [1.807, 2.05) is 0 Å².